The molecule has 3 aromatic carbocycles. The number of halogens is 3. The van der Waals surface area contributed by atoms with E-state index in [9.17, 15) is 26.4 Å². The van der Waals surface area contributed by atoms with Crippen molar-refractivity contribution in [1.29, 1.82) is 0 Å². The highest BCUT2D eigenvalue weighted by Crippen LogP contribution is 2.40. The second kappa shape index (κ2) is 7.53. The van der Waals surface area contributed by atoms with Gasteiger partial charge in [-0.05, 0) is 47.4 Å². The molecule has 0 unspecified atom stereocenters. The number of sulfone groups is 1. The molecule has 0 saturated heterocycles. The Labute approximate surface area is 177 Å². The van der Waals surface area contributed by atoms with Crippen LogP contribution < -0.4 is 4.90 Å². The van der Waals surface area contributed by atoms with Crippen molar-refractivity contribution in [2.75, 3.05) is 17.7 Å². The first-order valence-corrected chi connectivity index (χ1v) is 11.4. The zero-order chi connectivity index (χ0) is 22.4. The van der Waals surface area contributed by atoms with Crippen LogP contribution in [0.3, 0.4) is 0 Å². The Balaban J connectivity index is 1.85. The molecule has 0 aromatic heterocycles. The highest BCUT2D eigenvalue weighted by atomic mass is 32.2. The highest BCUT2D eigenvalue weighted by molar-refractivity contribution is 7.90. The number of anilines is 1. The summed E-state index contributed by atoms with van der Waals surface area (Å²) in [5, 5.41) is 0. The van der Waals surface area contributed by atoms with E-state index in [1.54, 1.807) is 30.3 Å². The Morgan fingerprint density at radius 3 is 2.32 bits per heavy atom. The molecule has 1 aliphatic rings. The summed E-state index contributed by atoms with van der Waals surface area (Å²) in [5.74, 6) is -0.539. The average molecular weight is 445 g/mol. The maximum atomic E-state index is 13.5. The smallest absolute Gasteiger partial charge is 0.308 e. The molecule has 1 aliphatic heterocycles. The lowest BCUT2D eigenvalue weighted by Gasteiger charge is -2.21. The lowest BCUT2D eigenvalue weighted by molar-refractivity contribution is -0.138. The van der Waals surface area contributed by atoms with Gasteiger partial charge in [0.2, 0.25) is 0 Å². The maximum Gasteiger partial charge on any atom is 0.416 e. The third-order valence-electron chi connectivity index (χ3n) is 5.31. The van der Waals surface area contributed by atoms with Gasteiger partial charge in [0.15, 0.2) is 9.84 Å². The van der Waals surface area contributed by atoms with Crippen LogP contribution in [0.1, 0.15) is 21.5 Å². The highest BCUT2D eigenvalue weighted by Gasteiger charge is 2.38. The van der Waals surface area contributed by atoms with E-state index in [0.717, 1.165) is 12.3 Å². The third-order valence-corrected chi connectivity index (χ3v) is 6.42. The van der Waals surface area contributed by atoms with Gasteiger partial charge in [-0.25, -0.2) is 8.42 Å². The Morgan fingerprint density at radius 2 is 1.68 bits per heavy atom. The molecule has 0 bridgehead atoms. The van der Waals surface area contributed by atoms with Crippen LogP contribution >= 0.6 is 0 Å². The second-order valence-electron chi connectivity index (χ2n) is 7.35. The van der Waals surface area contributed by atoms with E-state index in [4.69, 9.17) is 0 Å². The predicted molar refractivity (Wildman–Crippen MR) is 112 cm³/mol. The molecule has 160 valence electrons. The fourth-order valence-electron chi connectivity index (χ4n) is 3.86. The Kier molecular flexibility index (Phi) is 5.13. The van der Waals surface area contributed by atoms with E-state index in [1.165, 1.54) is 29.2 Å². The summed E-state index contributed by atoms with van der Waals surface area (Å²) in [4.78, 5) is 14.8. The van der Waals surface area contributed by atoms with E-state index in [1.807, 2.05) is 6.07 Å². The fraction of sp³-hybridized carbons (Fsp3) is 0.174. The summed E-state index contributed by atoms with van der Waals surface area (Å²) in [6.45, 7) is 0.0819. The number of fused-ring (bicyclic) bond motifs is 1. The third kappa shape index (κ3) is 3.95. The second-order valence-corrected chi connectivity index (χ2v) is 9.37. The number of benzene rings is 3. The van der Waals surface area contributed by atoms with Crippen molar-refractivity contribution in [3.8, 4) is 11.1 Å². The van der Waals surface area contributed by atoms with Crippen molar-refractivity contribution in [1.82, 2.24) is 0 Å². The van der Waals surface area contributed by atoms with Gasteiger partial charge in [-0.1, -0.05) is 42.5 Å². The molecule has 31 heavy (non-hydrogen) atoms. The minimum Gasteiger partial charge on any atom is -0.308 e. The monoisotopic (exact) mass is 445 g/mol. The summed E-state index contributed by atoms with van der Waals surface area (Å²) in [5.41, 5.74) is 0.855. The molecule has 0 fully saturated rings. The van der Waals surface area contributed by atoms with Crippen LogP contribution in [0, 0.1) is 0 Å². The summed E-state index contributed by atoms with van der Waals surface area (Å²) in [6, 6.07) is 17.0. The lowest BCUT2D eigenvalue weighted by atomic mass is 9.98. The summed E-state index contributed by atoms with van der Waals surface area (Å²) in [7, 11) is -3.59. The molecule has 0 atom stereocenters. The molecule has 0 aliphatic carbocycles. The van der Waals surface area contributed by atoms with Gasteiger partial charge in [-0.3, -0.25) is 4.79 Å². The number of nitrogens with zero attached hydrogens (tertiary/aromatic N) is 1. The van der Waals surface area contributed by atoms with Crippen molar-refractivity contribution in [3.05, 3.63) is 83.4 Å². The first-order valence-electron chi connectivity index (χ1n) is 9.48. The number of amides is 1. The average Bonchev–Trinajstić information content (AvgIpc) is 3.16. The summed E-state index contributed by atoms with van der Waals surface area (Å²) < 4.78 is 64.3. The largest absolute Gasteiger partial charge is 0.416 e. The van der Waals surface area contributed by atoms with Crippen molar-refractivity contribution in [2.24, 2.45) is 0 Å². The standard InChI is InChI=1S/C23H18F3NO3S/c1-31(29,30)16-10-11-17(15-6-3-2-4-7-15)19(14-16)22(28)27-13-12-18-20(23(24,25)26)8-5-9-21(18)27/h2-11,14H,12-13H2,1H3. The summed E-state index contributed by atoms with van der Waals surface area (Å²) in [6.07, 6.45) is -3.40. The molecule has 0 radical (unpaired) electrons. The van der Waals surface area contributed by atoms with E-state index in [0.29, 0.717) is 11.1 Å². The van der Waals surface area contributed by atoms with Crippen LogP contribution in [-0.2, 0) is 22.4 Å². The lowest BCUT2D eigenvalue weighted by Crippen LogP contribution is -2.29. The van der Waals surface area contributed by atoms with Crippen LogP contribution in [0.25, 0.3) is 11.1 Å². The minimum atomic E-state index is -4.52. The number of carbonyl (C=O) groups excluding carboxylic acids is 1. The molecular weight excluding hydrogens is 427 g/mol. The molecule has 1 amide bonds. The minimum absolute atomic E-state index is 0.0287. The van der Waals surface area contributed by atoms with E-state index in [2.05, 4.69) is 0 Å². The fourth-order valence-corrected chi connectivity index (χ4v) is 4.50. The van der Waals surface area contributed by atoms with Crippen LogP contribution in [0.4, 0.5) is 18.9 Å². The molecule has 4 nitrogen and oxygen atoms in total. The van der Waals surface area contributed by atoms with Gasteiger partial charge < -0.3 is 4.90 Å². The quantitative estimate of drug-likeness (QED) is 0.572. The molecule has 4 rings (SSSR count). The van der Waals surface area contributed by atoms with Crippen LogP contribution in [0.5, 0.6) is 0 Å². The normalized spacial score (nSPS) is 13.9. The van der Waals surface area contributed by atoms with Gasteiger partial charge >= 0.3 is 6.18 Å². The van der Waals surface area contributed by atoms with Crippen molar-refractivity contribution >= 4 is 21.4 Å². The molecule has 0 saturated carbocycles. The zero-order valence-electron chi connectivity index (χ0n) is 16.5. The van der Waals surface area contributed by atoms with Gasteiger partial charge in [-0.15, -0.1) is 0 Å². The van der Waals surface area contributed by atoms with Gasteiger partial charge in [0, 0.05) is 24.1 Å². The van der Waals surface area contributed by atoms with Gasteiger partial charge in [0.05, 0.1) is 10.5 Å². The molecule has 1 heterocycles. The van der Waals surface area contributed by atoms with Gasteiger partial charge in [0.1, 0.15) is 0 Å². The van der Waals surface area contributed by atoms with E-state index >= 15 is 0 Å². The number of hydrogen-bond donors (Lipinski definition) is 0. The van der Waals surface area contributed by atoms with Gasteiger partial charge in [0.25, 0.3) is 5.91 Å². The van der Waals surface area contributed by atoms with Crippen LogP contribution in [0.2, 0.25) is 0 Å². The van der Waals surface area contributed by atoms with Crippen LogP contribution in [0.15, 0.2) is 71.6 Å². The van der Waals surface area contributed by atoms with E-state index in [-0.39, 0.29) is 34.7 Å². The molecular formula is C23H18F3NO3S. The molecule has 0 N–H and O–H groups in total. The van der Waals surface area contributed by atoms with Crippen molar-refractivity contribution in [3.63, 3.8) is 0 Å². The number of carbonyl (C=O) groups is 1. The topological polar surface area (TPSA) is 54.5 Å². The van der Waals surface area contributed by atoms with Crippen LogP contribution in [-0.4, -0.2) is 27.1 Å². The van der Waals surface area contributed by atoms with Crippen molar-refractivity contribution < 1.29 is 26.4 Å². The zero-order valence-corrected chi connectivity index (χ0v) is 17.3. The first kappa shape index (κ1) is 21.1. The number of hydrogen-bond acceptors (Lipinski definition) is 3. The first-order chi connectivity index (χ1) is 14.6. The van der Waals surface area contributed by atoms with E-state index < -0.39 is 27.5 Å². The van der Waals surface area contributed by atoms with Crippen molar-refractivity contribution in [2.45, 2.75) is 17.5 Å². The molecule has 3 aromatic rings. The number of rotatable bonds is 3. The maximum absolute atomic E-state index is 13.5. The predicted octanol–water partition coefficient (Wildman–Crippen LogP) is 4.98. The molecule has 8 heteroatoms. The Bertz CT molecular complexity index is 1270. The molecule has 0 spiro atoms. The SMILES string of the molecule is CS(=O)(=O)c1ccc(-c2ccccc2)c(C(=O)N2CCc3c2cccc3C(F)(F)F)c1. The Morgan fingerprint density at radius 1 is 0.968 bits per heavy atom. The number of alkyl halides is 3. The summed E-state index contributed by atoms with van der Waals surface area (Å²) >= 11 is 0. The van der Waals surface area contributed by atoms with Gasteiger partial charge in [-0.2, -0.15) is 13.2 Å². The Hall–Kier alpha value is -3.13.